The van der Waals surface area contributed by atoms with Crippen molar-refractivity contribution in [3.63, 3.8) is 0 Å². The molecule has 8 nitrogen and oxygen atoms in total. The van der Waals surface area contributed by atoms with Gasteiger partial charge in [-0.3, -0.25) is 4.79 Å². The number of aldehydes is 1. The molecule has 0 heterocycles. The van der Waals surface area contributed by atoms with Gasteiger partial charge in [-0.15, -0.1) is 0 Å². The maximum Gasteiger partial charge on any atom is 0.305 e. The fourth-order valence-electron chi connectivity index (χ4n) is 0.618. The molecule has 18 heavy (non-hydrogen) atoms. The van der Waals surface area contributed by atoms with E-state index in [2.05, 4.69) is 0 Å². The third-order valence-electron chi connectivity index (χ3n) is 1.91. The average molecular weight is 268 g/mol. The molecule has 0 bridgehead atoms. The van der Waals surface area contributed by atoms with E-state index in [1.807, 2.05) is 0 Å². The minimum atomic E-state index is -1.79. The van der Waals surface area contributed by atoms with Gasteiger partial charge < -0.3 is 35.4 Å². The molecule has 0 saturated carbocycles. The fraction of sp³-hybridized carbons (Fsp3) is 0.800. The number of carbonyl (C=O) groups is 2. The second-order valence-corrected chi connectivity index (χ2v) is 3.85. The molecule has 0 aromatic heterocycles. The molecule has 0 aliphatic carbocycles. The smallest absolute Gasteiger partial charge is 0.305 e. The van der Waals surface area contributed by atoms with E-state index in [-0.39, 0.29) is 12.2 Å². The molecule has 6 N–H and O–H groups in total. The Hall–Kier alpha value is -1.06. The first kappa shape index (κ1) is 19.3. The first-order valence-corrected chi connectivity index (χ1v) is 5.20. The Morgan fingerprint density at radius 3 is 1.72 bits per heavy atom. The van der Waals surface area contributed by atoms with Crippen molar-refractivity contribution < 1.29 is 40.2 Å². The summed E-state index contributed by atoms with van der Waals surface area (Å²) in [5.41, 5.74) is 0. The lowest BCUT2D eigenvalue weighted by Gasteiger charge is -2.22. The number of carboxylic acid groups (broad SMARTS) is 1. The zero-order valence-electron chi connectivity index (χ0n) is 10.2. The minimum Gasteiger partial charge on any atom is -0.481 e. The average Bonchev–Trinajstić information content (AvgIpc) is 2.35. The highest BCUT2D eigenvalue weighted by Gasteiger charge is 2.29. The predicted octanol–water partition coefficient (Wildman–Crippen LogP) is -2.65. The first-order valence-electron chi connectivity index (χ1n) is 5.20. The molecular weight excluding hydrogens is 248 g/mol. The molecule has 0 amide bonds. The Bertz CT molecular complexity index is 242. The van der Waals surface area contributed by atoms with E-state index in [1.165, 1.54) is 0 Å². The number of aliphatic hydroxyl groups is 5. The van der Waals surface area contributed by atoms with E-state index in [0.29, 0.717) is 0 Å². The van der Waals surface area contributed by atoms with E-state index in [4.69, 9.17) is 30.6 Å². The summed E-state index contributed by atoms with van der Waals surface area (Å²) in [6, 6.07) is 0. The number of carbonyl (C=O) groups excluding carboxylic acids is 1. The zero-order valence-corrected chi connectivity index (χ0v) is 10.2. The number of rotatable bonds is 6. The topological polar surface area (TPSA) is 156 Å². The Labute approximate surface area is 104 Å². The molecule has 0 fully saturated rings. The van der Waals surface area contributed by atoms with E-state index < -0.39 is 37.0 Å². The van der Waals surface area contributed by atoms with Crippen LogP contribution in [0.2, 0.25) is 0 Å². The summed E-state index contributed by atoms with van der Waals surface area (Å²) in [5, 5.41) is 51.5. The summed E-state index contributed by atoms with van der Waals surface area (Å²) < 4.78 is 0. The number of aliphatic carboxylic acids is 1. The third kappa shape index (κ3) is 8.09. The highest BCUT2D eigenvalue weighted by Crippen LogP contribution is 2.02. The fourth-order valence-corrected chi connectivity index (χ4v) is 0.618. The number of hydrogen-bond acceptors (Lipinski definition) is 7. The van der Waals surface area contributed by atoms with Crippen molar-refractivity contribution in [3.8, 4) is 0 Å². The van der Waals surface area contributed by atoms with Crippen LogP contribution in [0.25, 0.3) is 0 Å². The Morgan fingerprint density at radius 1 is 1.11 bits per heavy atom. The van der Waals surface area contributed by atoms with Crippen molar-refractivity contribution in [1.82, 2.24) is 0 Å². The van der Waals surface area contributed by atoms with Gasteiger partial charge in [0.1, 0.15) is 24.4 Å². The van der Waals surface area contributed by atoms with Gasteiger partial charge in [-0.1, -0.05) is 13.8 Å². The molecule has 0 aromatic carbocycles. The van der Waals surface area contributed by atoms with Gasteiger partial charge in [-0.2, -0.15) is 0 Å². The van der Waals surface area contributed by atoms with E-state index >= 15 is 0 Å². The van der Waals surface area contributed by atoms with Crippen molar-refractivity contribution in [2.45, 2.75) is 38.3 Å². The Morgan fingerprint density at radius 2 is 1.50 bits per heavy atom. The maximum atomic E-state index is 9.90. The normalized spacial score (nSPS) is 17.1. The molecule has 0 aromatic rings. The zero-order chi connectivity index (χ0) is 14.9. The van der Waals surface area contributed by atoms with Crippen LogP contribution in [0.5, 0.6) is 0 Å². The predicted molar refractivity (Wildman–Crippen MR) is 59.7 cm³/mol. The maximum absolute atomic E-state index is 9.90. The van der Waals surface area contributed by atoms with Crippen molar-refractivity contribution in [2.24, 2.45) is 5.92 Å². The van der Waals surface area contributed by atoms with Gasteiger partial charge in [0.05, 0.1) is 12.5 Å². The summed E-state index contributed by atoms with van der Waals surface area (Å²) in [4.78, 5) is 19.6. The molecule has 0 unspecified atom stereocenters. The third-order valence-corrected chi connectivity index (χ3v) is 1.91. The van der Waals surface area contributed by atoms with Gasteiger partial charge in [0.25, 0.3) is 0 Å². The van der Waals surface area contributed by atoms with Crippen LogP contribution in [0.3, 0.4) is 0 Å². The lowest BCUT2D eigenvalue weighted by Crippen LogP contribution is -2.46. The molecule has 0 saturated heterocycles. The van der Waals surface area contributed by atoms with Crippen molar-refractivity contribution >= 4 is 12.3 Å². The van der Waals surface area contributed by atoms with Gasteiger partial charge >= 0.3 is 5.97 Å². The summed E-state index contributed by atoms with van der Waals surface area (Å²) in [6.07, 6.45) is -6.84. The number of carboxylic acids is 1. The second-order valence-electron chi connectivity index (χ2n) is 3.85. The Balaban J connectivity index is 0. The van der Waals surface area contributed by atoms with Crippen LogP contribution in [0, 0.1) is 5.92 Å². The molecular formula is C10H20O8. The van der Waals surface area contributed by atoms with Crippen molar-refractivity contribution in [2.75, 3.05) is 6.61 Å². The molecule has 108 valence electrons. The standard InChI is InChI=1S/C6H12O6.C4H8O2/c7-1-3(9)5(11)6(12)4(10)2-8;1-3(2)4(5)6/h1,3-6,8-12H,2H2;3H,1-2H3,(H,5,6)/t3-,4+,5+,6+;/m0./s1. The van der Waals surface area contributed by atoms with Gasteiger partial charge in [0, 0.05) is 0 Å². The van der Waals surface area contributed by atoms with Crippen LogP contribution in [0.4, 0.5) is 0 Å². The molecule has 0 aliphatic rings. The molecule has 0 radical (unpaired) electrons. The second kappa shape index (κ2) is 9.92. The van der Waals surface area contributed by atoms with Crippen LogP contribution < -0.4 is 0 Å². The molecule has 0 spiro atoms. The van der Waals surface area contributed by atoms with Crippen LogP contribution >= 0.6 is 0 Å². The van der Waals surface area contributed by atoms with Gasteiger partial charge in [-0.25, -0.2) is 0 Å². The molecule has 8 heteroatoms. The van der Waals surface area contributed by atoms with Gasteiger partial charge in [0.2, 0.25) is 0 Å². The van der Waals surface area contributed by atoms with Crippen LogP contribution in [-0.2, 0) is 9.59 Å². The summed E-state index contributed by atoms with van der Waals surface area (Å²) in [5.74, 6) is -0.972. The van der Waals surface area contributed by atoms with Crippen molar-refractivity contribution in [1.29, 1.82) is 0 Å². The summed E-state index contributed by atoms with van der Waals surface area (Å²) >= 11 is 0. The highest BCUT2D eigenvalue weighted by molar-refractivity contribution is 5.68. The van der Waals surface area contributed by atoms with Gasteiger partial charge in [0.15, 0.2) is 6.29 Å². The van der Waals surface area contributed by atoms with Crippen LogP contribution in [-0.4, -0.2) is 73.9 Å². The quantitative estimate of drug-likeness (QED) is 0.285. The van der Waals surface area contributed by atoms with Gasteiger partial charge in [-0.05, 0) is 0 Å². The summed E-state index contributed by atoms with van der Waals surface area (Å²) in [6.45, 7) is 2.52. The van der Waals surface area contributed by atoms with E-state index in [0.717, 1.165) is 0 Å². The number of hydrogen-bond donors (Lipinski definition) is 6. The lowest BCUT2D eigenvalue weighted by molar-refractivity contribution is -0.140. The van der Waals surface area contributed by atoms with Crippen LogP contribution in [0.1, 0.15) is 13.8 Å². The first-order chi connectivity index (χ1) is 8.18. The van der Waals surface area contributed by atoms with E-state index in [9.17, 15) is 9.59 Å². The Kier molecular flexibility index (Phi) is 10.6. The largest absolute Gasteiger partial charge is 0.481 e. The highest BCUT2D eigenvalue weighted by atomic mass is 16.4. The van der Waals surface area contributed by atoms with E-state index in [1.54, 1.807) is 13.8 Å². The van der Waals surface area contributed by atoms with Crippen LogP contribution in [0.15, 0.2) is 0 Å². The summed E-state index contributed by atoms with van der Waals surface area (Å²) in [7, 11) is 0. The minimum absolute atomic E-state index is 0.0258. The molecule has 0 rings (SSSR count). The SMILES string of the molecule is CC(C)C(=O)O.O=C[C@H](O)[C@@H](O)[C@H](O)[C@H](O)CO. The van der Waals surface area contributed by atoms with Crippen molar-refractivity contribution in [3.05, 3.63) is 0 Å². The monoisotopic (exact) mass is 268 g/mol. The number of aliphatic hydroxyl groups excluding tert-OH is 5. The lowest BCUT2D eigenvalue weighted by atomic mass is 10.0. The molecule has 0 aliphatic heterocycles. The molecule has 4 atom stereocenters.